The molecule has 5 heteroatoms. The molecule has 0 aliphatic carbocycles. The summed E-state index contributed by atoms with van der Waals surface area (Å²) < 4.78 is 38.2. The van der Waals surface area contributed by atoms with Gasteiger partial charge in [-0.2, -0.15) is 0 Å². The fourth-order valence-corrected chi connectivity index (χ4v) is 2.79. The zero-order chi connectivity index (χ0) is 13.5. The summed E-state index contributed by atoms with van der Waals surface area (Å²) in [5.41, 5.74) is 0.745. The van der Waals surface area contributed by atoms with E-state index in [0.29, 0.717) is 17.1 Å². The van der Waals surface area contributed by atoms with Crippen LogP contribution in [0.15, 0.2) is 12.1 Å². The lowest BCUT2D eigenvalue weighted by Crippen LogP contribution is -2.29. The van der Waals surface area contributed by atoms with Crippen molar-refractivity contribution in [1.29, 1.82) is 0 Å². The summed E-state index contributed by atoms with van der Waals surface area (Å²) in [6, 6.07) is 3.17. The molecule has 3 nitrogen and oxygen atoms in total. The summed E-state index contributed by atoms with van der Waals surface area (Å²) in [5.74, 6) is -1.75. The number of alkyl halides is 2. The smallest absolute Gasteiger partial charge is 0.270 e. The standard InChI is InChI=1S/C14H17F2NO2/c1-14(15,16)11-6-13-12(18-8-19-13)5-10(11)9-3-2-4-17-7-9/h5-6,9,17H,2-4,7-8H2,1H3. The number of hydrogen-bond acceptors (Lipinski definition) is 3. The summed E-state index contributed by atoms with van der Waals surface area (Å²) in [6.45, 7) is 2.74. The number of rotatable bonds is 2. The summed E-state index contributed by atoms with van der Waals surface area (Å²) in [7, 11) is 0. The molecule has 0 saturated carbocycles. The lowest BCUT2D eigenvalue weighted by Gasteiger charge is -2.27. The van der Waals surface area contributed by atoms with E-state index in [4.69, 9.17) is 9.47 Å². The quantitative estimate of drug-likeness (QED) is 0.895. The zero-order valence-corrected chi connectivity index (χ0v) is 10.8. The van der Waals surface area contributed by atoms with Crippen LogP contribution in [0, 0.1) is 0 Å². The molecule has 0 aromatic heterocycles. The molecule has 1 fully saturated rings. The van der Waals surface area contributed by atoms with Gasteiger partial charge in [0.05, 0.1) is 0 Å². The molecule has 104 valence electrons. The maximum absolute atomic E-state index is 13.8. The number of fused-ring (bicyclic) bond motifs is 1. The molecule has 3 rings (SSSR count). The third-order valence-corrected chi connectivity index (χ3v) is 3.75. The number of halogens is 2. The Morgan fingerprint density at radius 1 is 1.26 bits per heavy atom. The van der Waals surface area contributed by atoms with Gasteiger partial charge in [-0.25, -0.2) is 8.78 Å². The van der Waals surface area contributed by atoms with Crippen LogP contribution in [-0.2, 0) is 5.92 Å². The van der Waals surface area contributed by atoms with Gasteiger partial charge in [-0.1, -0.05) is 0 Å². The summed E-state index contributed by atoms with van der Waals surface area (Å²) in [4.78, 5) is 0. The Morgan fingerprint density at radius 3 is 2.63 bits per heavy atom. The van der Waals surface area contributed by atoms with E-state index < -0.39 is 5.92 Å². The first-order valence-electron chi connectivity index (χ1n) is 6.58. The van der Waals surface area contributed by atoms with Crippen LogP contribution < -0.4 is 14.8 Å². The van der Waals surface area contributed by atoms with Crippen molar-refractivity contribution in [2.24, 2.45) is 0 Å². The first-order chi connectivity index (χ1) is 9.05. The molecular weight excluding hydrogens is 252 g/mol. The van der Waals surface area contributed by atoms with Gasteiger partial charge in [0.15, 0.2) is 11.5 Å². The van der Waals surface area contributed by atoms with Crippen LogP contribution in [0.25, 0.3) is 0 Å². The van der Waals surface area contributed by atoms with E-state index in [9.17, 15) is 8.78 Å². The fraction of sp³-hybridized carbons (Fsp3) is 0.571. The Bertz CT molecular complexity index is 479. The highest BCUT2D eigenvalue weighted by molar-refractivity contribution is 5.51. The molecule has 19 heavy (non-hydrogen) atoms. The Balaban J connectivity index is 2.05. The molecule has 1 aromatic carbocycles. The van der Waals surface area contributed by atoms with E-state index in [1.54, 1.807) is 6.07 Å². The van der Waals surface area contributed by atoms with Crippen molar-refractivity contribution < 1.29 is 18.3 Å². The minimum absolute atomic E-state index is 0.0606. The fourth-order valence-electron chi connectivity index (χ4n) is 2.79. The Labute approximate surface area is 110 Å². The van der Waals surface area contributed by atoms with E-state index in [1.165, 1.54) is 6.07 Å². The number of hydrogen-bond donors (Lipinski definition) is 1. The highest BCUT2D eigenvalue weighted by Gasteiger charge is 2.33. The summed E-state index contributed by atoms with van der Waals surface area (Å²) >= 11 is 0. The zero-order valence-electron chi connectivity index (χ0n) is 10.8. The van der Waals surface area contributed by atoms with Crippen LogP contribution in [-0.4, -0.2) is 19.9 Å². The second-order valence-electron chi connectivity index (χ2n) is 5.22. The molecule has 2 aliphatic heterocycles. The molecule has 0 radical (unpaired) electrons. The van der Waals surface area contributed by atoms with Crippen molar-refractivity contribution in [2.45, 2.75) is 31.6 Å². The first kappa shape index (κ1) is 12.7. The van der Waals surface area contributed by atoms with E-state index in [-0.39, 0.29) is 18.3 Å². The predicted octanol–water partition coefficient (Wildman–Crippen LogP) is 2.99. The SMILES string of the molecule is CC(F)(F)c1cc2c(cc1C1CCCNC1)OCO2. The lowest BCUT2D eigenvalue weighted by molar-refractivity contribution is 0.0158. The second kappa shape index (κ2) is 4.63. The molecule has 1 unspecified atom stereocenters. The molecule has 0 bridgehead atoms. The molecule has 1 N–H and O–H groups in total. The normalized spacial score (nSPS) is 22.6. The van der Waals surface area contributed by atoms with Gasteiger partial charge in [0.1, 0.15) is 0 Å². The third-order valence-electron chi connectivity index (χ3n) is 3.75. The van der Waals surface area contributed by atoms with Gasteiger partial charge in [0.2, 0.25) is 6.79 Å². The van der Waals surface area contributed by atoms with E-state index >= 15 is 0 Å². The number of piperidine rings is 1. The van der Waals surface area contributed by atoms with Crippen LogP contribution in [0.2, 0.25) is 0 Å². The molecule has 1 atom stereocenters. The predicted molar refractivity (Wildman–Crippen MR) is 67.0 cm³/mol. The van der Waals surface area contributed by atoms with E-state index in [0.717, 1.165) is 32.9 Å². The van der Waals surface area contributed by atoms with Crippen molar-refractivity contribution in [3.8, 4) is 11.5 Å². The average molecular weight is 269 g/mol. The molecule has 2 aliphatic rings. The van der Waals surface area contributed by atoms with Crippen molar-refractivity contribution >= 4 is 0 Å². The molecule has 0 amide bonds. The first-order valence-corrected chi connectivity index (χ1v) is 6.58. The van der Waals surface area contributed by atoms with Crippen LogP contribution in [0.1, 0.15) is 36.8 Å². The monoisotopic (exact) mass is 269 g/mol. The molecular formula is C14H17F2NO2. The maximum atomic E-state index is 13.8. The van der Waals surface area contributed by atoms with Crippen LogP contribution in [0.3, 0.4) is 0 Å². The van der Waals surface area contributed by atoms with Gasteiger partial charge in [-0.15, -0.1) is 0 Å². The van der Waals surface area contributed by atoms with Crippen LogP contribution in [0.5, 0.6) is 11.5 Å². The van der Waals surface area contributed by atoms with E-state index in [2.05, 4.69) is 5.32 Å². The van der Waals surface area contributed by atoms with Crippen molar-refractivity contribution in [1.82, 2.24) is 5.32 Å². The Morgan fingerprint density at radius 2 is 2.00 bits per heavy atom. The van der Waals surface area contributed by atoms with Gasteiger partial charge in [-0.05, 0) is 43.0 Å². The summed E-state index contributed by atoms with van der Waals surface area (Å²) in [5, 5.41) is 3.26. The average Bonchev–Trinajstić information content (AvgIpc) is 2.84. The Kier molecular flexibility index (Phi) is 3.09. The lowest BCUT2D eigenvalue weighted by atomic mass is 9.86. The van der Waals surface area contributed by atoms with Crippen molar-refractivity contribution in [3.05, 3.63) is 23.3 Å². The molecule has 1 aromatic rings. The van der Waals surface area contributed by atoms with Gasteiger partial charge in [-0.3, -0.25) is 0 Å². The third kappa shape index (κ3) is 2.39. The highest BCUT2D eigenvalue weighted by atomic mass is 19.3. The van der Waals surface area contributed by atoms with Crippen molar-refractivity contribution in [3.63, 3.8) is 0 Å². The molecule has 0 spiro atoms. The van der Waals surface area contributed by atoms with Gasteiger partial charge >= 0.3 is 0 Å². The Hall–Kier alpha value is -1.36. The van der Waals surface area contributed by atoms with Crippen molar-refractivity contribution in [2.75, 3.05) is 19.9 Å². The highest BCUT2D eigenvalue weighted by Crippen LogP contribution is 2.43. The van der Waals surface area contributed by atoms with E-state index in [1.807, 2.05) is 0 Å². The summed E-state index contributed by atoms with van der Waals surface area (Å²) in [6.07, 6.45) is 1.93. The minimum Gasteiger partial charge on any atom is -0.454 e. The number of ether oxygens (including phenoxy) is 2. The largest absolute Gasteiger partial charge is 0.454 e. The number of benzene rings is 1. The second-order valence-corrected chi connectivity index (χ2v) is 5.22. The molecule has 1 saturated heterocycles. The topological polar surface area (TPSA) is 30.5 Å². The maximum Gasteiger partial charge on any atom is 0.270 e. The van der Waals surface area contributed by atoms with Crippen LogP contribution >= 0.6 is 0 Å². The van der Waals surface area contributed by atoms with Gasteiger partial charge < -0.3 is 14.8 Å². The minimum atomic E-state index is -2.87. The molecule has 2 heterocycles. The van der Waals surface area contributed by atoms with Crippen LogP contribution in [0.4, 0.5) is 8.78 Å². The van der Waals surface area contributed by atoms with Gasteiger partial charge in [0, 0.05) is 19.0 Å². The number of nitrogens with one attached hydrogen (secondary N) is 1. The van der Waals surface area contributed by atoms with Gasteiger partial charge in [0.25, 0.3) is 5.92 Å².